The first-order valence-electron chi connectivity index (χ1n) is 4.44. The number of hydrogen-bond acceptors (Lipinski definition) is 3. The van der Waals surface area contributed by atoms with Gasteiger partial charge in [-0.05, 0) is 31.4 Å². The Labute approximate surface area is 81.9 Å². The molecule has 1 unspecified atom stereocenters. The minimum atomic E-state index is 0.284. The minimum absolute atomic E-state index is 0.284. The van der Waals surface area contributed by atoms with E-state index in [4.69, 9.17) is 16.3 Å². The largest absolute Gasteiger partial charge is 0.376 e. The van der Waals surface area contributed by atoms with Crippen LogP contribution in [0.4, 0.5) is 0 Å². The molecule has 1 saturated heterocycles. The van der Waals surface area contributed by atoms with Crippen molar-refractivity contribution in [1.29, 1.82) is 0 Å². The standard InChI is InChI=1S/C8H12ClN3O/c1-6-10-11-8(9)12(6)5-7-3-2-4-13-7/h7H,2-5H2,1H3. The molecule has 72 valence electrons. The van der Waals surface area contributed by atoms with E-state index in [-0.39, 0.29) is 6.10 Å². The topological polar surface area (TPSA) is 39.9 Å². The molecule has 2 heterocycles. The molecule has 2 rings (SSSR count). The Kier molecular flexibility index (Phi) is 2.51. The van der Waals surface area contributed by atoms with Gasteiger partial charge in [0.05, 0.1) is 12.6 Å². The molecule has 1 atom stereocenters. The van der Waals surface area contributed by atoms with Crippen LogP contribution in [0.15, 0.2) is 0 Å². The van der Waals surface area contributed by atoms with Gasteiger partial charge >= 0.3 is 0 Å². The summed E-state index contributed by atoms with van der Waals surface area (Å²) in [7, 11) is 0. The zero-order chi connectivity index (χ0) is 9.26. The van der Waals surface area contributed by atoms with Crippen LogP contribution in [-0.4, -0.2) is 27.5 Å². The van der Waals surface area contributed by atoms with Gasteiger partial charge in [0.1, 0.15) is 5.82 Å². The van der Waals surface area contributed by atoms with E-state index in [1.807, 2.05) is 11.5 Å². The van der Waals surface area contributed by atoms with Crippen molar-refractivity contribution in [3.8, 4) is 0 Å². The average Bonchev–Trinajstić information content (AvgIpc) is 2.70. The van der Waals surface area contributed by atoms with Gasteiger partial charge in [0.2, 0.25) is 5.28 Å². The van der Waals surface area contributed by atoms with Crippen LogP contribution in [-0.2, 0) is 11.3 Å². The smallest absolute Gasteiger partial charge is 0.225 e. The van der Waals surface area contributed by atoms with Crippen molar-refractivity contribution < 1.29 is 4.74 Å². The number of hydrogen-bond donors (Lipinski definition) is 0. The molecule has 0 aliphatic carbocycles. The van der Waals surface area contributed by atoms with Gasteiger partial charge in [-0.2, -0.15) is 0 Å². The average molecular weight is 202 g/mol. The highest BCUT2D eigenvalue weighted by atomic mass is 35.5. The van der Waals surface area contributed by atoms with E-state index in [1.54, 1.807) is 0 Å². The molecule has 1 aromatic heterocycles. The first-order chi connectivity index (χ1) is 6.27. The quantitative estimate of drug-likeness (QED) is 0.727. The summed E-state index contributed by atoms with van der Waals surface area (Å²) in [5.41, 5.74) is 0. The zero-order valence-corrected chi connectivity index (χ0v) is 8.29. The van der Waals surface area contributed by atoms with Crippen LogP contribution >= 0.6 is 11.6 Å². The van der Waals surface area contributed by atoms with Gasteiger partial charge < -0.3 is 4.74 Å². The molecule has 1 fully saturated rings. The van der Waals surface area contributed by atoms with Crippen LogP contribution in [0.2, 0.25) is 5.28 Å². The monoisotopic (exact) mass is 201 g/mol. The molecule has 13 heavy (non-hydrogen) atoms. The first kappa shape index (κ1) is 8.97. The summed E-state index contributed by atoms with van der Waals surface area (Å²) in [5, 5.41) is 8.12. The molecule has 1 aromatic rings. The summed E-state index contributed by atoms with van der Waals surface area (Å²) in [6.07, 6.45) is 2.53. The Bertz CT molecular complexity index is 274. The first-order valence-corrected chi connectivity index (χ1v) is 4.82. The molecule has 1 aliphatic rings. The molecule has 0 aromatic carbocycles. The second kappa shape index (κ2) is 3.64. The lowest BCUT2D eigenvalue weighted by Gasteiger charge is -2.11. The number of ether oxygens (including phenoxy) is 1. The SMILES string of the molecule is Cc1nnc(Cl)n1CC1CCCO1. The Balaban J connectivity index is 2.07. The molecule has 0 N–H and O–H groups in total. The van der Waals surface area contributed by atoms with Gasteiger partial charge in [-0.15, -0.1) is 10.2 Å². The lowest BCUT2D eigenvalue weighted by atomic mass is 10.2. The third-order valence-electron chi connectivity index (χ3n) is 2.30. The van der Waals surface area contributed by atoms with Crippen molar-refractivity contribution >= 4 is 11.6 Å². The second-order valence-corrected chi connectivity index (χ2v) is 3.60. The maximum absolute atomic E-state index is 5.86. The molecule has 0 saturated carbocycles. The summed E-state index contributed by atoms with van der Waals surface area (Å²) < 4.78 is 7.39. The number of halogens is 1. The molecule has 0 amide bonds. The van der Waals surface area contributed by atoms with E-state index >= 15 is 0 Å². The lowest BCUT2D eigenvalue weighted by molar-refractivity contribution is 0.0965. The fraction of sp³-hybridized carbons (Fsp3) is 0.750. The van der Waals surface area contributed by atoms with Crippen molar-refractivity contribution in [1.82, 2.24) is 14.8 Å². The van der Waals surface area contributed by atoms with E-state index in [0.717, 1.165) is 31.8 Å². The molecule has 1 aliphatic heterocycles. The van der Waals surface area contributed by atoms with Crippen molar-refractivity contribution in [3.63, 3.8) is 0 Å². The fourth-order valence-corrected chi connectivity index (χ4v) is 1.78. The Morgan fingerprint density at radius 1 is 1.62 bits per heavy atom. The van der Waals surface area contributed by atoms with Crippen LogP contribution in [0.3, 0.4) is 0 Å². The van der Waals surface area contributed by atoms with Crippen LogP contribution < -0.4 is 0 Å². The molecule has 0 spiro atoms. The van der Waals surface area contributed by atoms with Crippen molar-refractivity contribution in [2.75, 3.05) is 6.61 Å². The maximum atomic E-state index is 5.86. The van der Waals surface area contributed by atoms with Gasteiger partial charge in [0.25, 0.3) is 0 Å². The number of rotatable bonds is 2. The van der Waals surface area contributed by atoms with E-state index in [9.17, 15) is 0 Å². The number of nitrogens with zero attached hydrogens (tertiary/aromatic N) is 3. The van der Waals surface area contributed by atoms with Crippen LogP contribution in [0.25, 0.3) is 0 Å². The van der Waals surface area contributed by atoms with Gasteiger partial charge in [0.15, 0.2) is 0 Å². The Morgan fingerprint density at radius 2 is 2.46 bits per heavy atom. The summed E-state index contributed by atoms with van der Waals surface area (Å²) >= 11 is 5.86. The second-order valence-electron chi connectivity index (χ2n) is 3.26. The van der Waals surface area contributed by atoms with E-state index in [0.29, 0.717) is 5.28 Å². The van der Waals surface area contributed by atoms with E-state index < -0.39 is 0 Å². The van der Waals surface area contributed by atoms with Gasteiger partial charge in [-0.25, -0.2) is 0 Å². The van der Waals surface area contributed by atoms with Crippen molar-refractivity contribution in [3.05, 3.63) is 11.1 Å². The minimum Gasteiger partial charge on any atom is -0.376 e. The third-order valence-corrected chi connectivity index (χ3v) is 2.58. The highest BCUT2D eigenvalue weighted by molar-refractivity contribution is 6.28. The predicted octanol–water partition coefficient (Wildman–Crippen LogP) is 1.42. The van der Waals surface area contributed by atoms with Gasteiger partial charge in [0, 0.05) is 6.61 Å². The molecule has 0 bridgehead atoms. The lowest BCUT2D eigenvalue weighted by Crippen LogP contribution is -2.16. The number of aryl methyl sites for hydroxylation is 1. The molecule has 0 radical (unpaired) electrons. The van der Waals surface area contributed by atoms with Crippen molar-refractivity contribution in [2.45, 2.75) is 32.4 Å². The summed E-state index contributed by atoms with van der Waals surface area (Å²) in [5.74, 6) is 0.848. The summed E-state index contributed by atoms with van der Waals surface area (Å²) in [6, 6.07) is 0. The Morgan fingerprint density at radius 3 is 3.00 bits per heavy atom. The fourth-order valence-electron chi connectivity index (χ4n) is 1.55. The molecular weight excluding hydrogens is 190 g/mol. The molecule has 4 nitrogen and oxygen atoms in total. The normalized spacial score (nSPS) is 22.5. The Hall–Kier alpha value is -0.610. The molecule has 5 heteroatoms. The highest BCUT2D eigenvalue weighted by Crippen LogP contribution is 2.17. The van der Waals surface area contributed by atoms with E-state index in [1.165, 1.54) is 0 Å². The number of aromatic nitrogens is 3. The van der Waals surface area contributed by atoms with Crippen LogP contribution in [0.1, 0.15) is 18.7 Å². The maximum Gasteiger partial charge on any atom is 0.225 e. The van der Waals surface area contributed by atoms with Gasteiger partial charge in [-0.3, -0.25) is 4.57 Å². The van der Waals surface area contributed by atoms with Gasteiger partial charge in [-0.1, -0.05) is 0 Å². The van der Waals surface area contributed by atoms with E-state index in [2.05, 4.69) is 10.2 Å². The summed E-state index contributed by atoms with van der Waals surface area (Å²) in [4.78, 5) is 0. The van der Waals surface area contributed by atoms with Crippen molar-refractivity contribution in [2.24, 2.45) is 0 Å². The molecular formula is C8H12ClN3O. The zero-order valence-electron chi connectivity index (χ0n) is 7.53. The van der Waals surface area contributed by atoms with Crippen LogP contribution in [0, 0.1) is 6.92 Å². The predicted molar refractivity (Wildman–Crippen MR) is 48.7 cm³/mol. The third kappa shape index (κ3) is 1.84. The summed E-state index contributed by atoms with van der Waals surface area (Å²) in [6.45, 7) is 3.54. The highest BCUT2D eigenvalue weighted by Gasteiger charge is 2.18. The van der Waals surface area contributed by atoms with Crippen LogP contribution in [0.5, 0.6) is 0 Å².